The van der Waals surface area contributed by atoms with Gasteiger partial charge in [0, 0.05) is 31.9 Å². The van der Waals surface area contributed by atoms with Gasteiger partial charge < -0.3 is 15.5 Å². The molecule has 1 fully saturated rings. The number of hydrogen-bond donors (Lipinski definition) is 2. The fourth-order valence-corrected chi connectivity index (χ4v) is 3.72. The van der Waals surface area contributed by atoms with E-state index in [1.54, 1.807) is 33.0 Å². The van der Waals surface area contributed by atoms with E-state index in [0.29, 0.717) is 31.4 Å². The van der Waals surface area contributed by atoms with Crippen LogP contribution in [0, 0.1) is 5.82 Å². The molecule has 2 rings (SSSR count). The maximum absolute atomic E-state index is 13.9. The Hall–Kier alpha value is -1.90. The Kier molecular flexibility index (Phi) is 7.02. The van der Waals surface area contributed by atoms with Gasteiger partial charge in [0.15, 0.2) is 27.4 Å². The van der Waals surface area contributed by atoms with Crippen LogP contribution in [-0.2, 0) is 9.84 Å². The lowest BCUT2D eigenvalue weighted by molar-refractivity contribution is 0.560. The molecule has 1 aromatic heterocycles. The minimum Gasteiger partial charge on any atom is -0.357 e. The lowest BCUT2D eigenvalue weighted by atomic mass is 10.3. The Morgan fingerprint density at radius 3 is 2.81 bits per heavy atom. The summed E-state index contributed by atoms with van der Waals surface area (Å²) in [4.78, 5) is 10.4. The fourth-order valence-electron chi connectivity index (χ4n) is 2.78. The van der Waals surface area contributed by atoms with E-state index in [-0.39, 0.29) is 24.2 Å². The minimum atomic E-state index is -3.21. The topological polar surface area (TPSA) is 86.7 Å². The van der Waals surface area contributed by atoms with Gasteiger partial charge in [0.1, 0.15) is 0 Å². The van der Waals surface area contributed by atoms with E-state index in [2.05, 4.69) is 20.6 Å². The van der Waals surface area contributed by atoms with E-state index >= 15 is 0 Å². The van der Waals surface area contributed by atoms with Crippen molar-refractivity contribution in [1.29, 1.82) is 0 Å². The van der Waals surface area contributed by atoms with Gasteiger partial charge in [-0.05, 0) is 46.2 Å². The van der Waals surface area contributed by atoms with Crippen LogP contribution in [0.2, 0.25) is 0 Å². The maximum atomic E-state index is 13.9. The van der Waals surface area contributed by atoms with E-state index in [1.807, 2.05) is 11.8 Å². The lowest BCUT2D eigenvalue weighted by Gasteiger charge is -2.20. The number of sulfone groups is 1. The average molecular weight is 400 g/mol. The highest BCUT2D eigenvalue weighted by Gasteiger charge is 2.29. The van der Waals surface area contributed by atoms with Crippen molar-refractivity contribution < 1.29 is 12.8 Å². The number of halogens is 1. The van der Waals surface area contributed by atoms with Gasteiger partial charge in [-0.1, -0.05) is 0 Å². The highest BCUT2D eigenvalue weighted by molar-refractivity contribution is 7.92. The van der Waals surface area contributed by atoms with Crippen LogP contribution in [0.4, 0.5) is 10.2 Å². The van der Waals surface area contributed by atoms with Crippen molar-refractivity contribution >= 4 is 21.6 Å². The molecule has 0 saturated carbocycles. The van der Waals surface area contributed by atoms with Crippen LogP contribution in [0.1, 0.15) is 34.1 Å². The molecule has 1 saturated heterocycles. The molecule has 9 heteroatoms. The number of aliphatic imine (C=N–C) groups is 1. The first-order valence-electron chi connectivity index (χ1n) is 9.26. The molecule has 1 unspecified atom stereocenters. The van der Waals surface area contributed by atoms with Crippen molar-refractivity contribution in [3.63, 3.8) is 0 Å². The molecule has 0 radical (unpaired) electrons. The van der Waals surface area contributed by atoms with Crippen molar-refractivity contribution in [2.24, 2.45) is 4.99 Å². The molecule has 1 aliphatic rings. The average Bonchev–Trinajstić information content (AvgIpc) is 3.02. The molecule has 0 amide bonds. The summed E-state index contributed by atoms with van der Waals surface area (Å²) in [5, 5.41) is 6.45. The molecular weight excluding hydrogens is 369 g/mol. The smallest absolute Gasteiger partial charge is 0.191 e. The zero-order valence-electron chi connectivity index (χ0n) is 16.5. The van der Waals surface area contributed by atoms with Crippen LogP contribution in [-0.4, -0.2) is 62.1 Å². The Bertz CT molecular complexity index is 761. The second-order valence-corrected chi connectivity index (χ2v) is 10.4. The summed E-state index contributed by atoms with van der Waals surface area (Å²) >= 11 is 0. The maximum Gasteiger partial charge on any atom is 0.191 e. The second-order valence-electron chi connectivity index (χ2n) is 7.58. The summed E-state index contributed by atoms with van der Waals surface area (Å²) in [7, 11) is -3.21. The van der Waals surface area contributed by atoms with Crippen LogP contribution in [0.3, 0.4) is 0 Å². The summed E-state index contributed by atoms with van der Waals surface area (Å²) in [6.07, 6.45) is 2.40. The number of guanidine groups is 1. The van der Waals surface area contributed by atoms with Crippen LogP contribution in [0.25, 0.3) is 0 Å². The molecule has 2 N–H and O–H groups in total. The predicted molar refractivity (Wildman–Crippen MR) is 107 cm³/mol. The van der Waals surface area contributed by atoms with Crippen molar-refractivity contribution in [3.8, 4) is 0 Å². The summed E-state index contributed by atoms with van der Waals surface area (Å²) in [5.41, 5.74) is 0. The summed E-state index contributed by atoms with van der Waals surface area (Å²) in [6, 6.07) is 3.07. The second kappa shape index (κ2) is 8.86. The number of rotatable bonds is 6. The number of aromatic nitrogens is 1. The lowest BCUT2D eigenvalue weighted by Crippen LogP contribution is -2.45. The zero-order valence-corrected chi connectivity index (χ0v) is 17.3. The SMILES string of the molecule is CCNC(=NCCS(=O)(=O)C(C)(C)C)NC1CCN(c2ncccc2F)C1. The van der Waals surface area contributed by atoms with E-state index < -0.39 is 14.6 Å². The highest BCUT2D eigenvalue weighted by Crippen LogP contribution is 2.20. The van der Waals surface area contributed by atoms with Gasteiger partial charge in [-0.15, -0.1) is 0 Å². The third-order valence-electron chi connectivity index (χ3n) is 4.47. The molecule has 0 aliphatic carbocycles. The van der Waals surface area contributed by atoms with Crippen molar-refractivity contribution in [1.82, 2.24) is 15.6 Å². The normalized spacial score (nSPS) is 18.6. The molecule has 0 aromatic carbocycles. The Balaban J connectivity index is 1.95. The van der Waals surface area contributed by atoms with Crippen molar-refractivity contribution in [3.05, 3.63) is 24.1 Å². The summed E-state index contributed by atoms with van der Waals surface area (Å²) in [6.45, 7) is 9.21. The number of nitrogens with zero attached hydrogens (tertiary/aromatic N) is 3. The molecule has 152 valence electrons. The van der Waals surface area contributed by atoms with Gasteiger partial charge in [0.25, 0.3) is 0 Å². The van der Waals surface area contributed by atoms with Crippen molar-refractivity contribution in [2.45, 2.75) is 44.9 Å². The first kappa shape index (κ1) is 21.4. The number of anilines is 1. The van der Waals surface area contributed by atoms with Gasteiger partial charge >= 0.3 is 0 Å². The van der Waals surface area contributed by atoms with Gasteiger partial charge in [-0.3, -0.25) is 4.99 Å². The third-order valence-corrected chi connectivity index (χ3v) is 7.06. The monoisotopic (exact) mass is 399 g/mol. The zero-order chi connectivity index (χ0) is 20.1. The van der Waals surface area contributed by atoms with Gasteiger partial charge in [0.2, 0.25) is 0 Å². The van der Waals surface area contributed by atoms with E-state index in [0.717, 1.165) is 6.42 Å². The molecule has 0 spiro atoms. The largest absolute Gasteiger partial charge is 0.357 e. The van der Waals surface area contributed by atoms with E-state index in [9.17, 15) is 12.8 Å². The standard InChI is InChI=1S/C18H30FN5O2S/c1-5-20-17(22-10-12-27(25,26)18(2,3)4)23-14-8-11-24(13-14)16-15(19)7-6-9-21-16/h6-7,9,14H,5,8,10-13H2,1-4H3,(H2,20,22,23). The van der Waals surface area contributed by atoms with Crippen LogP contribution >= 0.6 is 0 Å². The summed E-state index contributed by atoms with van der Waals surface area (Å²) in [5.74, 6) is 0.615. The predicted octanol–water partition coefficient (Wildman–Crippen LogP) is 1.57. The molecule has 1 aliphatic heterocycles. The van der Waals surface area contributed by atoms with Gasteiger partial charge in [-0.2, -0.15) is 0 Å². The van der Waals surface area contributed by atoms with E-state index in [1.165, 1.54) is 6.07 Å². The molecule has 2 heterocycles. The molecule has 7 nitrogen and oxygen atoms in total. The van der Waals surface area contributed by atoms with Gasteiger partial charge in [-0.25, -0.2) is 17.8 Å². The first-order valence-corrected chi connectivity index (χ1v) is 10.9. The van der Waals surface area contributed by atoms with Crippen molar-refractivity contribution in [2.75, 3.05) is 36.8 Å². The van der Waals surface area contributed by atoms with Crippen LogP contribution in [0.15, 0.2) is 23.3 Å². The molecule has 27 heavy (non-hydrogen) atoms. The summed E-state index contributed by atoms with van der Waals surface area (Å²) < 4.78 is 37.5. The number of hydrogen-bond acceptors (Lipinski definition) is 5. The molecule has 1 atom stereocenters. The quantitative estimate of drug-likeness (QED) is 0.558. The van der Waals surface area contributed by atoms with E-state index in [4.69, 9.17) is 0 Å². The first-order chi connectivity index (χ1) is 12.6. The Morgan fingerprint density at radius 2 is 2.19 bits per heavy atom. The molecule has 1 aromatic rings. The van der Waals surface area contributed by atoms with Gasteiger partial charge in [0.05, 0.1) is 17.0 Å². The van der Waals surface area contributed by atoms with Crippen LogP contribution in [0.5, 0.6) is 0 Å². The Labute approximate surface area is 161 Å². The fraction of sp³-hybridized carbons (Fsp3) is 0.667. The third kappa shape index (κ3) is 5.79. The number of pyridine rings is 1. The highest BCUT2D eigenvalue weighted by atomic mass is 32.2. The molecular formula is C18H30FN5O2S. The van der Waals surface area contributed by atoms with Crippen LogP contribution < -0.4 is 15.5 Å². The Morgan fingerprint density at radius 1 is 1.44 bits per heavy atom. The minimum absolute atomic E-state index is 0.00299. The molecule has 0 bridgehead atoms. The number of nitrogens with one attached hydrogen (secondary N) is 2.